The average Bonchev–Trinajstić information content (AvgIpc) is 3.76. The summed E-state index contributed by atoms with van der Waals surface area (Å²) in [5.74, 6) is 3.38. The number of anilines is 3. The van der Waals surface area contributed by atoms with Crippen molar-refractivity contribution in [3.8, 4) is 22.3 Å². The van der Waals surface area contributed by atoms with E-state index in [2.05, 4.69) is 172 Å². The highest BCUT2D eigenvalue weighted by Crippen LogP contribution is 2.89. The monoisotopic (exact) mass is 745 g/mol. The Balaban J connectivity index is 1.04. The fourth-order valence-electron chi connectivity index (χ4n) is 13.7. The third-order valence-electron chi connectivity index (χ3n) is 16.3. The first kappa shape index (κ1) is 33.6. The van der Waals surface area contributed by atoms with Crippen LogP contribution in [-0.4, -0.2) is 0 Å². The van der Waals surface area contributed by atoms with Gasteiger partial charge in [-0.1, -0.05) is 130 Å². The van der Waals surface area contributed by atoms with Gasteiger partial charge in [-0.3, -0.25) is 0 Å². The molecular weight excluding hydrogens is 695 g/mol. The van der Waals surface area contributed by atoms with Gasteiger partial charge in [0.15, 0.2) is 0 Å². The van der Waals surface area contributed by atoms with Crippen molar-refractivity contribution in [1.29, 1.82) is 0 Å². The molecule has 12 rings (SSSR count). The topological polar surface area (TPSA) is 3.24 Å². The lowest BCUT2D eigenvalue weighted by molar-refractivity contribution is -0.235. The molecule has 6 aliphatic rings. The second kappa shape index (κ2) is 11.5. The van der Waals surface area contributed by atoms with Crippen molar-refractivity contribution in [2.24, 2.45) is 29.1 Å². The Bertz CT molecular complexity index is 2550. The normalized spacial score (nSPS) is 29.0. The summed E-state index contributed by atoms with van der Waals surface area (Å²) in [7, 11) is 0. The van der Waals surface area contributed by atoms with E-state index < -0.39 is 0 Å². The molecule has 0 radical (unpaired) electrons. The number of fused-ring (bicyclic) bond motifs is 8. The molecule has 1 aliphatic heterocycles. The molecule has 2 spiro atoms. The van der Waals surface area contributed by atoms with Gasteiger partial charge in [0.25, 0.3) is 0 Å². The van der Waals surface area contributed by atoms with Crippen molar-refractivity contribution in [1.82, 2.24) is 0 Å². The van der Waals surface area contributed by atoms with Crippen molar-refractivity contribution >= 4 is 28.8 Å². The van der Waals surface area contributed by atoms with Crippen LogP contribution in [0.3, 0.4) is 0 Å². The van der Waals surface area contributed by atoms with Crippen LogP contribution in [0.1, 0.15) is 88.5 Å². The van der Waals surface area contributed by atoms with E-state index in [4.69, 9.17) is 0 Å². The molecule has 6 aromatic carbocycles. The molecule has 6 atom stereocenters. The maximum atomic E-state index is 2.67. The molecule has 56 heavy (non-hydrogen) atoms. The first-order valence-electron chi connectivity index (χ1n) is 21.3. The van der Waals surface area contributed by atoms with Crippen LogP contribution in [0, 0.1) is 29.1 Å². The second-order valence-corrected chi connectivity index (χ2v) is 20.7. The van der Waals surface area contributed by atoms with Gasteiger partial charge in [0.2, 0.25) is 0 Å². The van der Waals surface area contributed by atoms with Gasteiger partial charge >= 0.3 is 0 Å². The van der Waals surface area contributed by atoms with E-state index in [1.807, 2.05) is 11.8 Å². The lowest BCUT2D eigenvalue weighted by Crippen LogP contribution is -2.74. The zero-order chi connectivity index (χ0) is 37.6. The third-order valence-corrected chi connectivity index (χ3v) is 17.4. The van der Waals surface area contributed by atoms with Gasteiger partial charge < -0.3 is 4.90 Å². The van der Waals surface area contributed by atoms with E-state index in [1.54, 1.807) is 11.1 Å². The van der Waals surface area contributed by atoms with Crippen molar-refractivity contribution < 1.29 is 0 Å². The van der Waals surface area contributed by atoms with Gasteiger partial charge in [-0.25, -0.2) is 0 Å². The standard InChI is InChI=1S/C54H51NS/c1-51(2)25-26-52(3,4)45-31-41(20-23-43(45)51)55(40-18-15-37(16-19-40)35-11-7-5-8-12-35)42-21-24-47-46(32-42)54(49-28-34-27-39-30-50(54)53(39,49)33-34)44-22-17-38(29-48(44)56-47)36-13-9-6-10-14-36/h5-24,29,31-32,34,39,49-50H,25-28,30,33H2,1-4H3. The van der Waals surface area contributed by atoms with E-state index in [-0.39, 0.29) is 16.2 Å². The number of hydrogen-bond acceptors (Lipinski definition) is 2. The molecule has 0 amide bonds. The largest absolute Gasteiger partial charge is 0.310 e. The van der Waals surface area contributed by atoms with Crippen LogP contribution in [0.25, 0.3) is 22.3 Å². The zero-order valence-corrected chi connectivity index (χ0v) is 34.0. The van der Waals surface area contributed by atoms with Crippen molar-refractivity contribution in [2.75, 3.05) is 4.90 Å². The Morgan fingerprint density at radius 1 is 0.482 bits per heavy atom. The molecule has 4 fully saturated rings. The lowest BCUT2D eigenvalue weighted by Gasteiger charge is -2.78. The maximum absolute atomic E-state index is 2.67. The van der Waals surface area contributed by atoms with Crippen LogP contribution >= 0.6 is 11.8 Å². The van der Waals surface area contributed by atoms with Crippen molar-refractivity contribution in [2.45, 2.75) is 92.3 Å². The average molecular weight is 746 g/mol. The fourth-order valence-corrected chi connectivity index (χ4v) is 14.9. The van der Waals surface area contributed by atoms with Gasteiger partial charge in [-0.05, 0) is 171 Å². The van der Waals surface area contributed by atoms with E-state index in [9.17, 15) is 0 Å². The summed E-state index contributed by atoms with van der Waals surface area (Å²) in [6.07, 6.45) is 8.21. The highest BCUT2D eigenvalue weighted by molar-refractivity contribution is 7.99. The molecule has 278 valence electrons. The first-order valence-corrected chi connectivity index (χ1v) is 22.1. The minimum atomic E-state index is 0.0948. The van der Waals surface area contributed by atoms with Gasteiger partial charge in [0.05, 0.1) is 0 Å². The minimum absolute atomic E-state index is 0.0948. The summed E-state index contributed by atoms with van der Waals surface area (Å²) < 4.78 is 0. The summed E-state index contributed by atoms with van der Waals surface area (Å²) in [4.78, 5) is 5.54. The second-order valence-electron chi connectivity index (χ2n) is 19.7. The van der Waals surface area contributed by atoms with E-state index >= 15 is 0 Å². The number of rotatable bonds is 5. The molecule has 2 heteroatoms. The third kappa shape index (κ3) is 4.40. The SMILES string of the molecule is CC1(C)CCC(C)(C)c2cc(N(c3ccc(-c4ccccc4)cc3)c3ccc4c(c3)C3(c5ccc(-c6ccccc6)cc5S4)C4CC5CC6CC3C64C5)ccc21. The van der Waals surface area contributed by atoms with Crippen LogP contribution in [0.4, 0.5) is 17.1 Å². The predicted molar refractivity (Wildman–Crippen MR) is 233 cm³/mol. The highest BCUT2D eigenvalue weighted by atomic mass is 32.2. The van der Waals surface area contributed by atoms with Crippen LogP contribution in [0.2, 0.25) is 0 Å². The van der Waals surface area contributed by atoms with Crippen molar-refractivity contribution in [3.05, 3.63) is 162 Å². The van der Waals surface area contributed by atoms with E-state index in [0.29, 0.717) is 5.41 Å². The minimum Gasteiger partial charge on any atom is -0.310 e. The molecular formula is C54H51NS. The van der Waals surface area contributed by atoms with E-state index in [1.165, 1.54) is 98.8 Å². The molecule has 6 aromatic rings. The zero-order valence-electron chi connectivity index (χ0n) is 33.2. The predicted octanol–water partition coefficient (Wildman–Crippen LogP) is 14.7. The Morgan fingerprint density at radius 3 is 1.77 bits per heavy atom. The smallest absolute Gasteiger partial charge is 0.0465 e. The Morgan fingerprint density at radius 2 is 1.05 bits per heavy atom. The number of benzene rings is 6. The molecule has 1 heterocycles. The number of hydrogen-bond donors (Lipinski definition) is 0. The summed E-state index contributed by atoms with van der Waals surface area (Å²) in [5, 5.41) is 0. The Labute approximate surface area is 337 Å². The summed E-state index contributed by atoms with van der Waals surface area (Å²) in [6.45, 7) is 9.79. The molecule has 0 aromatic heterocycles. The van der Waals surface area contributed by atoms with Gasteiger partial charge in [0, 0.05) is 32.3 Å². The van der Waals surface area contributed by atoms with Gasteiger partial charge in [-0.15, -0.1) is 0 Å². The van der Waals surface area contributed by atoms with Crippen molar-refractivity contribution in [3.63, 3.8) is 0 Å². The maximum Gasteiger partial charge on any atom is 0.0465 e. The Kier molecular flexibility index (Phi) is 6.92. The Hall–Kier alpha value is -4.53. The van der Waals surface area contributed by atoms with Gasteiger partial charge in [-0.2, -0.15) is 0 Å². The first-order chi connectivity index (χ1) is 27.2. The van der Waals surface area contributed by atoms with E-state index in [0.717, 1.165) is 23.7 Å². The molecule has 5 aliphatic carbocycles. The fraction of sp³-hybridized carbons (Fsp3) is 0.333. The number of nitrogens with zero attached hydrogens (tertiary/aromatic N) is 1. The van der Waals surface area contributed by atoms with Crippen LogP contribution in [-0.2, 0) is 16.2 Å². The summed E-state index contributed by atoms with van der Waals surface area (Å²) in [5.41, 5.74) is 16.2. The van der Waals surface area contributed by atoms with Crippen LogP contribution in [0.5, 0.6) is 0 Å². The molecule has 2 bridgehead atoms. The van der Waals surface area contributed by atoms with Crippen LogP contribution < -0.4 is 4.90 Å². The molecule has 0 saturated heterocycles. The summed E-state index contributed by atoms with van der Waals surface area (Å²) >= 11 is 2.03. The molecule has 1 nitrogen and oxygen atoms in total. The van der Waals surface area contributed by atoms with Crippen LogP contribution in [0.15, 0.2) is 149 Å². The quantitative estimate of drug-likeness (QED) is 0.173. The molecule has 0 N–H and O–H groups in total. The lowest BCUT2D eigenvalue weighted by atomic mass is 9.26. The summed E-state index contributed by atoms with van der Waals surface area (Å²) in [6, 6.07) is 53.7. The highest BCUT2D eigenvalue weighted by Gasteiger charge is 2.84. The molecule has 4 saturated carbocycles. The molecule has 6 unspecified atom stereocenters. The van der Waals surface area contributed by atoms with Gasteiger partial charge in [0.1, 0.15) is 0 Å².